The summed E-state index contributed by atoms with van der Waals surface area (Å²) in [7, 11) is 0. The van der Waals surface area contributed by atoms with E-state index in [0.29, 0.717) is 23.9 Å². The van der Waals surface area contributed by atoms with Crippen LogP contribution >= 0.6 is 0 Å². The lowest BCUT2D eigenvalue weighted by Gasteiger charge is -2.33. The lowest BCUT2D eigenvalue weighted by Crippen LogP contribution is -2.42. The third-order valence-corrected chi connectivity index (χ3v) is 4.53. The fraction of sp³-hybridized carbons (Fsp3) is 0.471. The molecule has 0 radical (unpaired) electrons. The van der Waals surface area contributed by atoms with Gasteiger partial charge in [-0.05, 0) is 51.9 Å². The predicted molar refractivity (Wildman–Crippen MR) is 82.5 cm³/mol. The van der Waals surface area contributed by atoms with E-state index in [-0.39, 0.29) is 17.0 Å². The van der Waals surface area contributed by atoms with Gasteiger partial charge in [0.15, 0.2) is 0 Å². The summed E-state index contributed by atoms with van der Waals surface area (Å²) >= 11 is 0. The molecule has 23 heavy (non-hydrogen) atoms. The zero-order valence-corrected chi connectivity index (χ0v) is 13.3. The Balaban J connectivity index is 1.64. The van der Waals surface area contributed by atoms with Gasteiger partial charge in [0.1, 0.15) is 0 Å². The molecule has 1 saturated heterocycles. The maximum atomic E-state index is 12.3. The van der Waals surface area contributed by atoms with E-state index in [1.165, 1.54) is 0 Å². The quantitative estimate of drug-likeness (QED) is 0.796. The van der Waals surface area contributed by atoms with Gasteiger partial charge in [-0.15, -0.1) is 0 Å². The summed E-state index contributed by atoms with van der Waals surface area (Å²) in [6, 6.07) is 6.92. The number of carbonyl (C=O) groups is 3. The number of amides is 2. The molecule has 0 bridgehead atoms. The first kappa shape index (κ1) is 15.7. The third-order valence-electron chi connectivity index (χ3n) is 4.53. The van der Waals surface area contributed by atoms with Crippen LogP contribution in [0.4, 0.5) is 0 Å². The average Bonchev–Trinajstić information content (AvgIpc) is 2.80. The van der Waals surface area contributed by atoms with E-state index < -0.39 is 17.8 Å². The lowest BCUT2D eigenvalue weighted by atomic mass is 9.96. The SMILES string of the molecule is CC(C)N1CCC(C(=O)ON2C(=O)c3ccccc3C2=O)CC1. The largest absolute Gasteiger partial charge is 0.336 e. The molecule has 0 spiro atoms. The highest BCUT2D eigenvalue weighted by molar-refractivity contribution is 6.20. The number of benzene rings is 1. The van der Waals surface area contributed by atoms with Gasteiger partial charge in [-0.1, -0.05) is 17.2 Å². The van der Waals surface area contributed by atoms with Crippen molar-refractivity contribution in [2.75, 3.05) is 13.1 Å². The molecule has 2 aliphatic heterocycles. The topological polar surface area (TPSA) is 66.9 Å². The highest BCUT2D eigenvalue weighted by Crippen LogP contribution is 2.25. The molecule has 122 valence electrons. The van der Waals surface area contributed by atoms with E-state index >= 15 is 0 Å². The van der Waals surface area contributed by atoms with Crippen molar-refractivity contribution in [2.45, 2.75) is 32.7 Å². The van der Waals surface area contributed by atoms with Crippen LogP contribution in [0.25, 0.3) is 0 Å². The summed E-state index contributed by atoms with van der Waals surface area (Å²) in [5.41, 5.74) is 0.555. The van der Waals surface area contributed by atoms with Crippen molar-refractivity contribution < 1.29 is 19.2 Å². The van der Waals surface area contributed by atoms with Crippen molar-refractivity contribution in [3.05, 3.63) is 35.4 Å². The molecule has 2 aliphatic rings. The summed E-state index contributed by atoms with van der Waals surface area (Å²) in [4.78, 5) is 44.1. The molecule has 1 fully saturated rings. The number of imide groups is 1. The Bertz CT molecular complexity index is 613. The minimum atomic E-state index is -0.571. The van der Waals surface area contributed by atoms with Crippen LogP contribution in [0.15, 0.2) is 24.3 Å². The smallest absolute Gasteiger partial charge is 0.329 e. The molecule has 0 N–H and O–H groups in total. The van der Waals surface area contributed by atoms with E-state index in [2.05, 4.69) is 18.7 Å². The monoisotopic (exact) mass is 316 g/mol. The van der Waals surface area contributed by atoms with Crippen LogP contribution in [-0.4, -0.2) is 46.9 Å². The van der Waals surface area contributed by atoms with Crippen LogP contribution in [-0.2, 0) is 9.63 Å². The maximum Gasteiger partial charge on any atom is 0.336 e. The molecule has 2 amide bonds. The molecule has 0 saturated carbocycles. The Labute approximate surface area is 135 Å². The molecular formula is C17H20N2O4. The van der Waals surface area contributed by atoms with Gasteiger partial charge in [0.25, 0.3) is 11.8 Å². The van der Waals surface area contributed by atoms with Gasteiger partial charge in [0, 0.05) is 6.04 Å². The number of nitrogens with zero attached hydrogens (tertiary/aromatic N) is 2. The second-order valence-electron chi connectivity index (χ2n) is 6.26. The number of hydroxylamine groups is 2. The number of hydrogen-bond donors (Lipinski definition) is 0. The van der Waals surface area contributed by atoms with Gasteiger partial charge in [-0.25, -0.2) is 4.79 Å². The Hall–Kier alpha value is -2.21. The molecule has 0 aliphatic carbocycles. The lowest BCUT2D eigenvalue weighted by molar-refractivity contribution is -0.175. The molecule has 2 heterocycles. The van der Waals surface area contributed by atoms with Gasteiger partial charge < -0.3 is 9.74 Å². The Kier molecular flexibility index (Phi) is 4.17. The van der Waals surface area contributed by atoms with Gasteiger partial charge in [-0.3, -0.25) is 9.59 Å². The number of likely N-dealkylation sites (tertiary alicyclic amines) is 1. The number of rotatable bonds is 3. The van der Waals surface area contributed by atoms with Crippen LogP contribution < -0.4 is 0 Å². The zero-order valence-electron chi connectivity index (χ0n) is 13.3. The molecule has 6 nitrogen and oxygen atoms in total. The van der Waals surface area contributed by atoms with Gasteiger partial charge >= 0.3 is 5.97 Å². The second-order valence-corrected chi connectivity index (χ2v) is 6.26. The summed E-state index contributed by atoms with van der Waals surface area (Å²) in [5.74, 6) is -1.91. The molecule has 1 aromatic rings. The molecule has 0 aromatic heterocycles. The fourth-order valence-electron chi connectivity index (χ4n) is 3.07. The number of fused-ring (bicyclic) bond motifs is 1. The van der Waals surface area contributed by atoms with Crippen molar-refractivity contribution in [1.82, 2.24) is 9.96 Å². The van der Waals surface area contributed by atoms with Crippen molar-refractivity contribution >= 4 is 17.8 Å². The van der Waals surface area contributed by atoms with Gasteiger partial charge in [0.2, 0.25) is 0 Å². The first-order chi connectivity index (χ1) is 11.0. The zero-order chi connectivity index (χ0) is 16.6. The first-order valence-corrected chi connectivity index (χ1v) is 7.92. The van der Waals surface area contributed by atoms with Crippen molar-refractivity contribution in [2.24, 2.45) is 5.92 Å². The second kappa shape index (κ2) is 6.12. The Morgan fingerprint density at radius 3 is 2.09 bits per heavy atom. The number of piperidine rings is 1. The number of carbonyl (C=O) groups excluding carboxylic acids is 3. The van der Waals surface area contributed by atoms with E-state index in [4.69, 9.17) is 4.84 Å². The van der Waals surface area contributed by atoms with Gasteiger partial charge in [-0.2, -0.15) is 0 Å². The molecule has 1 aromatic carbocycles. The molecule has 6 heteroatoms. The molecule has 3 rings (SSSR count). The standard InChI is InChI=1S/C17H20N2O4/c1-11(2)18-9-7-12(8-10-18)17(22)23-19-15(20)13-5-3-4-6-14(13)16(19)21/h3-6,11-12H,7-10H2,1-2H3. The maximum absolute atomic E-state index is 12.3. The average molecular weight is 316 g/mol. The van der Waals surface area contributed by atoms with E-state index in [9.17, 15) is 14.4 Å². The van der Waals surface area contributed by atoms with E-state index in [1.54, 1.807) is 24.3 Å². The summed E-state index contributed by atoms with van der Waals surface area (Å²) in [6.45, 7) is 5.88. The summed E-state index contributed by atoms with van der Waals surface area (Å²) in [6.07, 6.45) is 1.36. The van der Waals surface area contributed by atoms with Crippen molar-refractivity contribution in [3.63, 3.8) is 0 Å². The van der Waals surface area contributed by atoms with Crippen LogP contribution in [0.3, 0.4) is 0 Å². The van der Waals surface area contributed by atoms with Crippen molar-refractivity contribution in [1.29, 1.82) is 0 Å². The highest BCUT2D eigenvalue weighted by Gasteiger charge is 2.40. The van der Waals surface area contributed by atoms with E-state index in [1.807, 2.05) is 0 Å². The summed E-state index contributed by atoms with van der Waals surface area (Å²) in [5, 5.41) is 0.599. The predicted octanol–water partition coefficient (Wildman–Crippen LogP) is 1.86. The van der Waals surface area contributed by atoms with Crippen LogP contribution in [0.5, 0.6) is 0 Å². The van der Waals surface area contributed by atoms with Crippen LogP contribution in [0.1, 0.15) is 47.4 Å². The number of hydrogen-bond acceptors (Lipinski definition) is 5. The molecular weight excluding hydrogens is 296 g/mol. The first-order valence-electron chi connectivity index (χ1n) is 7.92. The molecule has 0 atom stereocenters. The third kappa shape index (κ3) is 2.86. The van der Waals surface area contributed by atoms with Crippen LogP contribution in [0, 0.1) is 5.92 Å². The Morgan fingerprint density at radius 2 is 1.61 bits per heavy atom. The van der Waals surface area contributed by atoms with Gasteiger partial charge in [0.05, 0.1) is 17.0 Å². The normalized spacial score (nSPS) is 19.3. The molecule has 0 unspecified atom stereocenters. The minimum absolute atomic E-state index is 0.269. The Morgan fingerprint density at radius 1 is 1.09 bits per heavy atom. The highest BCUT2D eigenvalue weighted by atomic mass is 16.7. The summed E-state index contributed by atoms with van der Waals surface area (Å²) < 4.78 is 0. The van der Waals surface area contributed by atoms with Crippen molar-refractivity contribution in [3.8, 4) is 0 Å². The fourth-order valence-corrected chi connectivity index (χ4v) is 3.07. The van der Waals surface area contributed by atoms with E-state index in [0.717, 1.165) is 13.1 Å². The van der Waals surface area contributed by atoms with Crippen LogP contribution in [0.2, 0.25) is 0 Å². The minimum Gasteiger partial charge on any atom is -0.329 e.